The maximum absolute atomic E-state index is 12.0. The number of benzene rings is 2. The third-order valence-electron chi connectivity index (χ3n) is 3.83. The summed E-state index contributed by atoms with van der Waals surface area (Å²) in [5.41, 5.74) is 4.68. The molecule has 2 aromatic rings. The number of hydrogen-bond acceptors (Lipinski definition) is 6. The van der Waals surface area contributed by atoms with Gasteiger partial charge in [0.15, 0.2) is 11.5 Å². The number of ether oxygens (including phenoxy) is 2. The molecule has 2 rings (SSSR count). The number of rotatable bonds is 6. The van der Waals surface area contributed by atoms with Crippen LogP contribution in [0.5, 0.6) is 11.5 Å². The average Bonchev–Trinajstić information content (AvgIpc) is 2.72. The van der Waals surface area contributed by atoms with Gasteiger partial charge in [-0.15, -0.1) is 0 Å². The van der Waals surface area contributed by atoms with E-state index in [-0.39, 0.29) is 6.42 Å². The fraction of sp³-hybridized carbons (Fsp3) is 0.200. The summed E-state index contributed by atoms with van der Waals surface area (Å²) in [6, 6.07) is 13.9. The Kier molecular flexibility index (Phi) is 7.11. The van der Waals surface area contributed by atoms with Crippen LogP contribution in [0.25, 0.3) is 0 Å². The van der Waals surface area contributed by atoms with Crippen LogP contribution < -0.4 is 20.2 Å². The number of hydrazone groups is 1. The van der Waals surface area contributed by atoms with E-state index in [2.05, 4.69) is 15.8 Å². The highest BCUT2D eigenvalue weighted by atomic mass is 16.5. The molecule has 2 amide bonds. The first kappa shape index (κ1) is 20.5. The lowest BCUT2D eigenvalue weighted by Gasteiger charge is -2.09. The molecular weight excluding hydrogens is 360 g/mol. The second-order valence-corrected chi connectivity index (χ2v) is 5.69. The SMILES string of the molecule is COc1ccc(C(C)=NNC(=O)C(=O)Nc2ccc(CC#N)cc2)cc1OC. The van der Waals surface area contributed by atoms with Crippen molar-refractivity contribution >= 4 is 23.2 Å². The van der Waals surface area contributed by atoms with Gasteiger partial charge in [-0.3, -0.25) is 9.59 Å². The fourth-order valence-corrected chi connectivity index (χ4v) is 2.30. The van der Waals surface area contributed by atoms with Crippen molar-refractivity contribution in [1.82, 2.24) is 5.43 Å². The number of nitrogens with one attached hydrogen (secondary N) is 2. The second-order valence-electron chi connectivity index (χ2n) is 5.69. The minimum Gasteiger partial charge on any atom is -0.493 e. The minimum absolute atomic E-state index is 0.277. The van der Waals surface area contributed by atoms with Gasteiger partial charge in [-0.2, -0.15) is 10.4 Å². The monoisotopic (exact) mass is 380 g/mol. The Hall–Kier alpha value is -3.86. The number of carbonyl (C=O) groups is 2. The van der Waals surface area contributed by atoms with Gasteiger partial charge in [0.1, 0.15) is 0 Å². The third kappa shape index (κ3) is 5.32. The van der Waals surface area contributed by atoms with Crippen LogP contribution >= 0.6 is 0 Å². The van der Waals surface area contributed by atoms with Crippen LogP contribution in [0.1, 0.15) is 18.1 Å². The predicted molar refractivity (Wildman–Crippen MR) is 104 cm³/mol. The smallest absolute Gasteiger partial charge is 0.329 e. The van der Waals surface area contributed by atoms with Crippen LogP contribution in [0.2, 0.25) is 0 Å². The second kappa shape index (κ2) is 9.73. The van der Waals surface area contributed by atoms with E-state index in [1.165, 1.54) is 14.2 Å². The zero-order valence-electron chi connectivity index (χ0n) is 15.8. The lowest BCUT2D eigenvalue weighted by molar-refractivity contribution is -0.136. The average molecular weight is 380 g/mol. The van der Waals surface area contributed by atoms with Gasteiger partial charge < -0.3 is 14.8 Å². The van der Waals surface area contributed by atoms with Crippen molar-refractivity contribution in [2.24, 2.45) is 5.10 Å². The quantitative estimate of drug-likeness (QED) is 0.453. The molecule has 0 spiro atoms. The number of nitrogens with zero attached hydrogens (tertiary/aromatic N) is 2. The summed E-state index contributed by atoms with van der Waals surface area (Å²) in [5, 5.41) is 15.1. The highest BCUT2D eigenvalue weighted by Crippen LogP contribution is 2.27. The predicted octanol–water partition coefficient (Wildman–Crippen LogP) is 2.25. The van der Waals surface area contributed by atoms with E-state index >= 15 is 0 Å². The molecule has 0 aromatic heterocycles. The molecule has 0 fully saturated rings. The summed E-state index contributed by atoms with van der Waals surface area (Å²) in [6.07, 6.45) is 0.277. The first-order chi connectivity index (χ1) is 13.5. The standard InChI is InChI=1S/C20H20N4O4/c1-13(15-6-9-17(27-2)18(12-15)28-3)23-24-20(26)19(25)22-16-7-4-14(5-8-16)10-11-21/h4-9,12H,10H2,1-3H3,(H,22,25)(H,24,26). The summed E-state index contributed by atoms with van der Waals surface area (Å²) < 4.78 is 10.4. The van der Waals surface area contributed by atoms with Crippen LogP contribution in [0.15, 0.2) is 47.6 Å². The van der Waals surface area contributed by atoms with Gasteiger partial charge in [-0.05, 0) is 42.8 Å². The molecular formula is C20H20N4O4. The molecule has 144 valence electrons. The lowest BCUT2D eigenvalue weighted by atomic mass is 10.1. The highest BCUT2D eigenvalue weighted by Gasteiger charge is 2.14. The first-order valence-corrected chi connectivity index (χ1v) is 8.32. The number of carbonyl (C=O) groups excluding carboxylic acids is 2. The van der Waals surface area contributed by atoms with Gasteiger partial charge in [0.05, 0.1) is 32.4 Å². The lowest BCUT2D eigenvalue weighted by Crippen LogP contribution is -2.32. The fourth-order valence-electron chi connectivity index (χ4n) is 2.30. The van der Waals surface area contributed by atoms with Crippen molar-refractivity contribution < 1.29 is 19.1 Å². The summed E-state index contributed by atoms with van der Waals surface area (Å²) in [4.78, 5) is 23.9. The molecule has 0 radical (unpaired) electrons. The van der Waals surface area contributed by atoms with Gasteiger partial charge in [-0.25, -0.2) is 5.43 Å². The van der Waals surface area contributed by atoms with Crippen molar-refractivity contribution in [3.05, 3.63) is 53.6 Å². The van der Waals surface area contributed by atoms with E-state index in [1.54, 1.807) is 49.4 Å². The van der Waals surface area contributed by atoms with E-state index in [9.17, 15) is 9.59 Å². The van der Waals surface area contributed by atoms with E-state index in [1.807, 2.05) is 6.07 Å². The summed E-state index contributed by atoms with van der Waals surface area (Å²) in [5.74, 6) is -0.653. The Labute approximate surface area is 162 Å². The first-order valence-electron chi connectivity index (χ1n) is 8.32. The molecule has 0 aliphatic heterocycles. The van der Waals surface area contributed by atoms with E-state index < -0.39 is 11.8 Å². The van der Waals surface area contributed by atoms with Gasteiger partial charge in [0.25, 0.3) is 0 Å². The largest absolute Gasteiger partial charge is 0.493 e. The number of amides is 2. The van der Waals surface area contributed by atoms with Crippen molar-refractivity contribution in [1.29, 1.82) is 5.26 Å². The highest BCUT2D eigenvalue weighted by molar-refractivity contribution is 6.39. The van der Waals surface area contributed by atoms with Crippen LogP contribution in [-0.2, 0) is 16.0 Å². The van der Waals surface area contributed by atoms with Crippen LogP contribution in [0.3, 0.4) is 0 Å². The van der Waals surface area contributed by atoms with Crippen molar-refractivity contribution in [3.63, 3.8) is 0 Å². The van der Waals surface area contributed by atoms with Gasteiger partial charge in [-0.1, -0.05) is 12.1 Å². The van der Waals surface area contributed by atoms with Gasteiger partial charge >= 0.3 is 11.8 Å². The number of anilines is 1. The molecule has 0 aliphatic carbocycles. The Balaban J connectivity index is 1.99. The van der Waals surface area contributed by atoms with Gasteiger partial charge in [0.2, 0.25) is 0 Å². The zero-order valence-corrected chi connectivity index (χ0v) is 15.8. The van der Waals surface area contributed by atoms with E-state index in [4.69, 9.17) is 14.7 Å². The van der Waals surface area contributed by atoms with Gasteiger partial charge in [0, 0.05) is 11.3 Å². The molecule has 8 nitrogen and oxygen atoms in total. The molecule has 0 atom stereocenters. The summed E-state index contributed by atoms with van der Waals surface area (Å²) >= 11 is 0. The molecule has 0 heterocycles. The molecule has 28 heavy (non-hydrogen) atoms. The van der Waals surface area contributed by atoms with Crippen molar-refractivity contribution in [3.8, 4) is 17.6 Å². The summed E-state index contributed by atoms with van der Waals surface area (Å²) in [7, 11) is 3.06. The molecule has 0 saturated heterocycles. The van der Waals surface area contributed by atoms with E-state index in [0.29, 0.717) is 28.5 Å². The maximum Gasteiger partial charge on any atom is 0.329 e. The number of methoxy groups -OCH3 is 2. The molecule has 0 aliphatic rings. The molecule has 8 heteroatoms. The van der Waals surface area contributed by atoms with Crippen LogP contribution in [0.4, 0.5) is 5.69 Å². The molecule has 0 saturated carbocycles. The van der Waals surface area contributed by atoms with Crippen molar-refractivity contribution in [2.45, 2.75) is 13.3 Å². The zero-order chi connectivity index (χ0) is 20.5. The maximum atomic E-state index is 12.0. The Morgan fingerprint density at radius 1 is 1.04 bits per heavy atom. The molecule has 0 unspecified atom stereocenters. The summed E-state index contributed by atoms with van der Waals surface area (Å²) in [6.45, 7) is 1.69. The van der Waals surface area contributed by atoms with Crippen molar-refractivity contribution in [2.75, 3.05) is 19.5 Å². The molecule has 2 N–H and O–H groups in total. The Morgan fingerprint density at radius 2 is 1.71 bits per heavy atom. The number of nitriles is 1. The molecule has 0 bridgehead atoms. The third-order valence-corrected chi connectivity index (χ3v) is 3.83. The van der Waals surface area contributed by atoms with E-state index in [0.717, 1.165) is 5.56 Å². The van der Waals surface area contributed by atoms with Crippen LogP contribution in [-0.4, -0.2) is 31.7 Å². The Morgan fingerprint density at radius 3 is 2.32 bits per heavy atom. The van der Waals surface area contributed by atoms with Crippen LogP contribution in [0, 0.1) is 11.3 Å². The normalized spacial score (nSPS) is 10.6. The topological polar surface area (TPSA) is 113 Å². The molecule has 2 aromatic carbocycles. The Bertz CT molecular complexity index is 930. The number of hydrogen-bond donors (Lipinski definition) is 2. The minimum atomic E-state index is -0.902.